The van der Waals surface area contributed by atoms with Gasteiger partial charge in [0.1, 0.15) is 18.3 Å². The van der Waals surface area contributed by atoms with Gasteiger partial charge in [-0.2, -0.15) is 0 Å². The molecule has 0 aromatic carbocycles. The van der Waals surface area contributed by atoms with Crippen molar-refractivity contribution in [3.05, 3.63) is 0 Å². The van der Waals surface area contributed by atoms with Crippen molar-refractivity contribution in [2.75, 3.05) is 6.54 Å². The fraction of sp³-hybridized carbons (Fsp3) is 0.895. The summed E-state index contributed by atoms with van der Waals surface area (Å²) in [6.07, 6.45) is -2.10. The fourth-order valence-electron chi connectivity index (χ4n) is 4.20. The number of hydrogen-bond acceptors (Lipinski definition) is 7. The van der Waals surface area contributed by atoms with Crippen molar-refractivity contribution in [2.24, 2.45) is 0 Å². The van der Waals surface area contributed by atoms with Crippen LogP contribution in [0.25, 0.3) is 0 Å². The number of rotatable bonds is 5. The summed E-state index contributed by atoms with van der Waals surface area (Å²) >= 11 is 0. The maximum Gasteiger partial charge on any atom is 0.220 e. The van der Waals surface area contributed by atoms with Crippen LogP contribution in [0, 0.1) is 0 Å². The molecule has 0 bridgehead atoms. The van der Waals surface area contributed by atoms with Gasteiger partial charge < -0.3 is 28.4 Å². The number of hydrogen-bond donors (Lipinski definition) is 1. The van der Waals surface area contributed by atoms with Crippen LogP contribution in [0.2, 0.25) is 39.3 Å². The minimum absolute atomic E-state index is 0.0635. The Hall–Kier alpha value is -0.626. The molecule has 0 saturated carbocycles. The lowest BCUT2D eigenvalue weighted by molar-refractivity contribution is -0.233. The number of fused-ring (bicyclic) bond motifs is 1. The first-order chi connectivity index (χ1) is 13.1. The third kappa shape index (κ3) is 5.00. The molecule has 3 aliphatic rings. The molecule has 0 spiro atoms. The van der Waals surface area contributed by atoms with Gasteiger partial charge in [-0.3, -0.25) is 9.59 Å². The zero-order valence-corrected chi connectivity index (χ0v) is 20.8. The molecule has 3 rings (SSSR count). The number of carbonyl (C=O) groups is 2. The summed E-state index contributed by atoms with van der Waals surface area (Å²) in [6.45, 7) is 16.1. The van der Waals surface area contributed by atoms with Crippen LogP contribution in [0.3, 0.4) is 0 Å². The predicted octanol–water partition coefficient (Wildman–Crippen LogP) is 2.15. The van der Waals surface area contributed by atoms with Gasteiger partial charge in [0.05, 0.1) is 6.54 Å². The zero-order valence-electron chi connectivity index (χ0n) is 18.8. The van der Waals surface area contributed by atoms with Crippen molar-refractivity contribution >= 4 is 28.3 Å². The first-order valence-corrected chi connectivity index (χ1v) is 17.1. The van der Waals surface area contributed by atoms with E-state index in [0.29, 0.717) is 0 Å². The molecule has 166 valence electrons. The van der Waals surface area contributed by atoms with Crippen molar-refractivity contribution in [1.29, 1.82) is 0 Å². The highest BCUT2D eigenvalue weighted by molar-refractivity contribution is 6.70. The summed E-state index contributed by atoms with van der Waals surface area (Å²) < 4.78 is 31.4. The van der Waals surface area contributed by atoms with Gasteiger partial charge in [-0.15, -0.1) is 0 Å². The predicted molar refractivity (Wildman–Crippen MR) is 111 cm³/mol. The molecule has 29 heavy (non-hydrogen) atoms. The molecule has 0 unspecified atom stereocenters. The normalized spacial score (nSPS) is 37.9. The van der Waals surface area contributed by atoms with Crippen LogP contribution in [0.15, 0.2) is 0 Å². The Bertz CT molecular complexity index is 672. The second kappa shape index (κ2) is 7.50. The zero-order chi connectivity index (χ0) is 21.8. The number of ketones is 1. The molecule has 0 aromatic rings. The summed E-state index contributed by atoms with van der Waals surface area (Å²) in [4.78, 5) is 25.5. The minimum Gasteiger partial charge on any atom is -0.409 e. The molecule has 10 heteroatoms. The maximum absolute atomic E-state index is 13.4. The van der Waals surface area contributed by atoms with Crippen LogP contribution >= 0.6 is 0 Å². The average molecular weight is 446 g/mol. The first kappa shape index (κ1) is 23.0. The standard InChI is InChI=1S/C19H35NO7Si2/c1-18(2)24-15-14(26-28(3,4)5)16(23-17(15)25-18)19(27-29(6,7)8)11-20-13(22)10-9-12(19)21/h14-17H,9-11H2,1-8H3,(H,20,22)/t14-,15-,16+,17-,19+/m1/s1. The third-order valence-electron chi connectivity index (χ3n) is 5.03. The molecule has 1 amide bonds. The molecule has 0 aromatic heterocycles. The summed E-state index contributed by atoms with van der Waals surface area (Å²) in [7, 11) is -4.23. The van der Waals surface area contributed by atoms with Gasteiger partial charge in [-0.1, -0.05) is 0 Å². The van der Waals surface area contributed by atoms with Crippen molar-refractivity contribution in [1.82, 2.24) is 5.32 Å². The quantitative estimate of drug-likeness (QED) is 0.648. The fourth-order valence-corrected chi connectivity index (χ4v) is 6.67. The van der Waals surface area contributed by atoms with Gasteiger partial charge >= 0.3 is 0 Å². The van der Waals surface area contributed by atoms with E-state index in [1.807, 2.05) is 33.5 Å². The molecule has 0 aliphatic carbocycles. The van der Waals surface area contributed by atoms with Gasteiger partial charge in [0.25, 0.3) is 0 Å². The van der Waals surface area contributed by atoms with E-state index in [9.17, 15) is 9.59 Å². The minimum atomic E-state index is -2.20. The van der Waals surface area contributed by atoms with Gasteiger partial charge in [-0.05, 0) is 53.1 Å². The molecule has 8 nitrogen and oxygen atoms in total. The molecular weight excluding hydrogens is 410 g/mol. The Labute approximate surface area is 175 Å². The van der Waals surface area contributed by atoms with E-state index >= 15 is 0 Å². The number of ether oxygens (including phenoxy) is 3. The van der Waals surface area contributed by atoms with Gasteiger partial charge in [-0.25, -0.2) is 0 Å². The third-order valence-corrected chi connectivity index (χ3v) is 6.98. The topological polar surface area (TPSA) is 92.3 Å². The highest BCUT2D eigenvalue weighted by Crippen LogP contribution is 2.45. The molecule has 5 atom stereocenters. The van der Waals surface area contributed by atoms with E-state index in [4.69, 9.17) is 23.1 Å². The Morgan fingerprint density at radius 2 is 1.66 bits per heavy atom. The lowest BCUT2D eigenvalue weighted by Crippen LogP contribution is -2.65. The van der Waals surface area contributed by atoms with Crippen LogP contribution in [-0.4, -0.2) is 70.9 Å². The number of nitrogens with one attached hydrogen (secondary N) is 1. The Kier molecular flexibility index (Phi) is 5.96. The summed E-state index contributed by atoms with van der Waals surface area (Å²) in [5.41, 5.74) is -1.32. The van der Waals surface area contributed by atoms with Crippen LogP contribution in [-0.2, 0) is 32.7 Å². The highest BCUT2D eigenvalue weighted by Gasteiger charge is 2.64. The van der Waals surface area contributed by atoms with Crippen molar-refractivity contribution < 1.29 is 32.7 Å². The van der Waals surface area contributed by atoms with Crippen LogP contribution in [0.5, 0.6) is 0 Å². The number of amides is 1. The molecule has 0 radical (unpaired) electrons. The summed E-state index contributed by atoms with van der Waals surface area (Å²) in [5, 5.41) is 2.86. The Balaban J connectivity index is 2.03. The van der Waals surface area contributed by atoms with Gasteiger partial charge in [0.2, 0.25) is 5.91 Å². The maximum atomic E-state index is 13.4. The molecule has 3 aliphatic heterocycles. The first-order valence-electron chi connectivity index (χ1n) is 10.3. The molecule has 3 saturated heterocycles. The Morgan fingerprint density at radius 1 is 1.00 bits per heavy atom. The molecule has 3 fully saturated rings. The SMILES string of the molecule is CC1(C)O[C@H]2O[C@H]([C@]3(O[Si](C)(C)C)CNC(=O)CCC3=O)[C@H](O[Si](C)(C)C)[C@H]2O1. The van der Waals surface area contributed by atoms with E-state index in [1.165, 1.54) is 0 Å². The van der Waals surface area contributed by atoms with Crippen molar-refractivity contribution in [3.8, 4) is 0 Å². The number of carbonyl (C=O) groups excluding carboxylic acids is 2. The van der Waals surface area contributed by atoms with Crippen LogP contribution in [0.4, 0.5) is 0 Å². The monoisotopic (exact) mass is 445 g/mol. The van der Waals surface area contributed by atoms with Gasteiger partial charge in [0.15, 0.2) is 40.1 Å². The van der Waals surface area contributed by atoms with E-state index in [2.05, 4.69) is 25.0 Å². The lowest BCUT2D eigenvalue weighted by atomic mass is 9.86. The summed E-state index contributed by atoms with van der Waals surface area (Å²) in [6, 6.07) is 0. The van der Waals surface area contributed by atoms with Crippen LogP contribution in [0.1, 0.15) is 26.7 Å². The van der Waals surface area contributed by atoms with E-state index < -0.39 is 52.6 Å². The largest absolute Gasteiger partial charge is 0.409 e. The van der Waals surface area contributed by atoms with Gasteiger partial charge in [0, 0.05) is 12.8 Å². The summed E-state index contributed by atoms with van der Waals surface area (Å²) in [5.74, 6) is -1.09. The molecule has 3 heterocycles. The lowest BCUT2D eigenvalue weighted by Gasteiger charge is -2.44. The second-order valence-electron chi connectivity index (χ2n) is 10.5. The van der Waals surface area contributed by atoms with E-state index in [1.54, 1.807) is 0 Å². The smallest absolute Gasteiger partial charge is 0.220 e. The highest BCUT2D eigenvalue weighted by atomic mass is 28.4. The molecular formula is C19H35NO7Si2. The van der Waals surface area contributed by atoms with E-state index in [0.717, 1.165) is 0 Å². The molecule has 1 N–H and O–H groups in total. The van der Waals surface area contributed by atoms with E-state index in [-0.39, 0.29) is 31.1 Å². The van der Waals surface area contributed by atoms with Crippen molar-refractivity contribution in [3.63, 3.8) is 0 Å². The average Bonchev–Trinajstić information content (AvgIpc) is 2.94. The van der Waals surface area contributed by atoms with Crippen molar-refractivity contribution in [2.45, 2.75) is 102 Å². The second-order valence-corrected chi connectivity index (χ2v) is 19.4. The Morgan fingerprint density at radius 3 is 2.24 bits per heavy atom. The van der Waals surface area contributed by atoms with Crippen LogP contribution < -0.4 is 5.32 Å². The number of Topliss-reactive ketones (excluding diaryl/α,β-unsaturated/α-hetero) is 1.